The van der Waals surface area contributed by atoms with Gasteiger partial charge >= 0.3 is 0 Å². The van der Waals surface area contributed by atoms with Gasteiger partial charge in [0.25, 0.3) is 0 Å². The van der Waals surface area contributed by atoms with Crippen LogP contribution in [0.3, 0.4) is 0 Å². The molecule has 0 aliphatic rings. The van der Waals surface area contributed by atoms with Crippen LogP contribution in [0.2, 0.25) is 5.02 Å². The van der Waals surface area contributed by atoms with Crippen LogP contribution in [0.5, 0.6) is 0 Å². The van der Waals surface area contributed by atoms with E-state index < -0.39 is 6.10 Å². The maximum Gasteiger partial charge on any atom is 0.0938 e. The van der Waals surface area contributed by atoms with E-state index in [1.165, 1.54) is 0 Å². The maximum atomic E-state index is 9.36. The van der Waals surface area contributed by atoms with Crippen LogP contribution in [0, 0.1) is 0 Å². The van der Waals surface area contributed by atoms with Gasteiger partial charge in [0, 0.05) is 5.02 Å². The van der Waals surface area contributed by atoms with Crippen molar-refractivity contribution in [2.45, 2.75) is 6.10 Å². The summed E-state index contributed by atoms with van der Waals surface area (Å²) in [4.78, 5) is 0. The summed E-state index contributed by atoms with van der Waals surface area (Å²) in [6, 6.07) is 6.87. The molecular weight excluding hydrogens is 178 g/mol. The van der Waals surface area contributed by atoms with Crippen LogP contribution < -0.4 is 5.48 Å². The van der Waals surface area contributed by atoms with Crippen molar-refractivity contribution in [3.8, 4) is 0 Å². The molecule has 0 bridgehead atoms. The number of nitrogens with one attached hydrogen (secondary N) is 1. The van der Waals surface area contributed by atoms with Gasteiger partial charge in [-0.05, 0) is 17.7 Å². The SMILES string of the molecule is ONCC(O)c1cccc(Cl)c1. The van der Waals surface area contributed by atoms with Gasteiger partial charge in [-0.15, -0.1) is 0 Å². The van der Waals surface area contributed by atoms with Crippen LogP contribution in [0.1, 0.15) is 11.7 Å². The average Bonchev–Trinajstić information content (AvgIpc) is 2.05. The predicted molar refractivity (Wildman–Crippen MR) is 46.2 cm³/mol. The normalized spacial score (nSPS) is 12.9. The van der Waals surface area contributed by atoms with Crippen LogP contribution in [0.25, 0.3) is 0 Å². The van der Waals surface area contributed by atoms with Crippen molar-refractivity contribution in [2.24, 2.45) is 0 Å². The fraction of sp³-hybridized carbons (Fsp3) is 0.250. The minimum atomic E-state index is -0.728. The zero-order valence-electron chi connectivity index (χ0n) is 6.37. The van der Waals surface area contributed by atoms with Crippen molar-refractivity contribution in [1.29, 1.82) is 0 Å². The lowest BCUT2D eigenvalue weighted by Crippen LogP contribution is -2.17. The van der Waals surface area contributed by atoms with E-state index in [4.69, 9.17) is 16.8 Å². The quantitative estimate of drug-likeness (QED) is 0.627. The molecule has 12 heavy (non-hydrogen) atoms. The van der Waals surface area contributed by atoms with Gasteiger partial charge in [-0.25, -0.2) is 5.48 Å². The predicted octanol–water partition coefficient (Wildman–Crippen LogP) is 1.35. The Morgan fingerprint density at radius 2 is 2.25 bits per heavy atom. The fourth-order valence-corrected chi connectivity index (χ4v) is 1.12. The zero-order valence-corrected chi connectivity index (χ0v) is 7.12. The summed E-state index contributed by atoms with van der Waals surface area (Å²) in [5.41, 5.74) is 2.58. The second-order valence-electron chi connectivity index (χ2n) is 2.43. The third-order valence-corrected chi connectivity index (χ3v) is 1.75. The van der Waals surface area contributed by atoms with Crippen LogP contribution >= 0.6 is 11.6 Å². The number of aliphatic hydroxyl groups excluding tert-OH is 1. The minimum absolute atomic E-state index is 0.0976. The first-order valence-corrected chi connectivity index (χ1v) is 3.92. The number of hydrogen-bond donors (Lipinski definition) is 3. The molecule has 1 aromatic carbocycles. The van der Waals surface area contributed by atoms with Crippen LogP contribution in [0.4, 0.5) is 0 Å². The van der Waals surface area contributed by atoms with E-state index in [1.54, 1.807) is 24.3 Å². The van der Waals surface area contributed by atoms with Crippen LogP contribution in [0.15, 0.2) is 24.3 Å². The molecule has 0 radical (unpaired) electrons. The first kappa shape index (κ1) is 9.48. The van der Waals surface area contributed by atoms with Gasteiger partial charge in [0.1, 0.15) is 0 Å². The van der Waals surface area contributed by atoms with Gasteiger partial charge in [0.15, 0.2) is 0 Å². The standard InChI is InChI=1S/C8H10ClNO2/c9-7-3-1-2-6(4-7)8(11)5-10-12/h1-4,8,10-12H,5H2. The van der Waals surface area contributed by atoms with Crippen molar-refractivity contribution < 1.29 is 10.3 Å². The summed E-state index contributed by atoms with van der Waals surface area (Å²) in [5, 5.41) is 18.3. The summed E-state index contributed by atoms with van der Waals surface area (Å²) in [6.07, 6.45) is -0.728. The number of halogens is 1. The average molecular weight is 188 g/mol. The first-order valence-electron chi connectivity index (χ1n) is 3.54. The van der Waals surface area contributed by atoms with Gasteiger partial charge in [-0.2, -0.15) is 0 Å². The Bertz CT molecular complexity index is 255. The zero-order chi connectivity index (χ0) is 8.97. The largest absolute Gasteiger partial charge is 0.387 e. The molecule has 0 fully saturated rings. The Hall–Kier alpha value is -0.610. The molecule has 0 aliphatic heterocycles. The maximum absolute atomic E-state index is 9.36. The van der Waals surface area contributed by atoms with Gasteiger partial charge in [0.2, 0.25) is 0 Å². The third kappa shape index (κ3) is 2.46. The van der Waals surface area contributed by atoms with Crippen LogP contribution in [-0.4, -0.2) is 16.9 Å². The molecule has 1 aromatic rings. The van der Waals surface area contributed by atoms with Gasteiger partial charge in [-0.1, -0.05) is 23.7 Å². The first-order chi connectivity index (χ1) is 5.74. The highest BCUT2D eigenvalue weighted by molar-refractivity contribution is 6.30. The molecule has 0 saturated heterocycles. The molecule has 4 heteroatoms. The topological polar surface area (TPSA) is 52.5 Å². The van der Waals surface area contributed by atoms with E-state index in [-0.39, 0.29) is 6.54 Å². The molecule has 0 spiro atoms. The minimum Gasteiger partial charge on any atom is -0.387 e. The second kappa shape index (κ2) is 4.42. The summed E-state index contributed by atoms with van der Waals surface area (Å²) < 4.78 is 0. The summed E-state index contributed by atoms with van der Waals surface area (Å²) in [5.74, 6) is 0. The lowest BCUT2D eigenvalue weighted by molar-refractivity contribution is 0.0921. The van der Waals surface area contributed by atoms with E-state index in [9.17, 15) is 5.11 Å². The van der Waals surface area contributed by atoms with Gasteiger partial charge < -0.3 is 10.3 Å². The Morgan fingerprint density at radius 1 is 1.50 bits per heavy atom. The molecule has 3 nitrogen and oxygen atoms in total. The Labute approximate surface area is 75.6 Å². The lowest BCUT2D eigenvalue weighted by Gasteiger charge is -2.08. The molecule has 66 valence electrons. The van der Waals surface area contributed by atoms with Gasteiger partial charge in [0.05, 0.1) is 12.6 Å². The molecule has 0 amide bonds. The van der Waals surface area contributed by atoms with Gasteiger partial charge in [-0.3, -0.25) is 0 Å². The Balaban J connectivity index is 2.73. The summed E-state index contributed by atoms with van der Waals surface area (Å²) in [7, 11) is 0. The highest BCUT2D eigenvalue weighted by Crippen LogP contribution is 2.16. The number of hydrogen-bond acceptors (Lipinski definition) is 3. The summed E-state index contributed by atoms with van der Waals surface area (Å²) >= 11 is 5.70. The van der Waals surface area contributed by atoms with Crippen LogP contribution in [-0.2, 0) is 0 Å². The Morgan fingerprint density at radius 3 is 2.83 bits per heavy atom. The van der Waals surface area contributed by atoms with E-state index in [1.807, 2.05) is 5.48 Å². The van der Waals surface area contributed by atoms with E-state index in [0.717, 1.165) is 0 Å². The monoisotopic (exact) mass is 187 g/mol. The molecule has 3 N–H and O–H groups in total. The highest BCUT2D eigenvalue weighted by Gasteiger charge is 2.05. The molecule has 1 atom stereocenters. The van der Waals surface area contributed by atoms with Crippen molar-refractivity contribution in [1.82, 2.24) is 5.48 Å². The molecule has 1 unspecified atom stereocenters. The van der Waals surface area contributed by atoms with Crippen molar-refractivity contribution >= 4 is 11.6 Å². The summed E-state index contributed by atoms with van der Waals surface area (Å²) in [6.45, 7) is 0.0976. The molecule has 0 aliphatic carbocycles. The van der Waals surface area contributed by atoms with Crippen molar-refractivity contribution in [3.05, 3.63) is 34.9 Å². The number of benzene rings is 1. The van der Waals surface area contributed by atoms with Crippen molar-refractivity contribution in [3.63, 3.8) is 0 Å². The highest BCUT2D eigenvalue weighted by atomic mass is 35.5. The Kier molecular flexibility index (Phi) is 3.49. The number of hydroxylamine groups is 1. The third-order valence-electron chi connectivity index (χ3n) is 1.52. The van der Waals surface area contributed by atoms with Crippen molar-refractivity contribution in [2.75, 3.05) is 6.54 Å². The molecule has 0 heterocycles. The molecule has 1 rings (SSSR count). The van der Waals surface area contributed by atoms with E-state index in [0.29, 0.717) is 10.6 Å². The second-order valence-corrected chi connectivity index (χ2v) is 2.87. The lowest BCUT2D eigenvalue weighted by atomic mass is 10.1. The molecular formula is C8H10ClNO2. The smallest absolute Gasteiger partial charge is 0.0938 e. The molecule has 0 aromatic heterocycles. The number of rotatable bonds is 3. The van der Waals surface area contributed by atoms with E-state index >= 15 is 0 Å². The number of aliphatic hydroxyl groups is 1. The fourth-order valence-electron chi connectivity index (χ4n) is 0.918. The van der Waals surface area contributed by atoms with E-state index in [2.05, 4.69) is 0 Å². The molecule has 0 saturated carbocycles.